The normalized spacial score (nSPS) is 26.9. The highest BCUT2D eigenvalue weighted by Crippen LogP contribution is 2.27. The predicted molar refractivity (Wildman–Crippen MR) is 71.7 cm³/mol. The minimum absolute atomic E-state index is 0.164. The molecule has 1 unspecified atom stereocenters. The van der Waals surface area contributed by atoms with Gasteiger partial charge in [0.1, 0.15) is 6.61 Å². The SMILES string of the molecule is FC(F)(F)COCCN1CCNC(C2CCCCC2)C1. The summed E-state index contributed by atoms with van der Waals surface area (Å²) in [5.74, 6) is 0.739. The third-order valence-electron chi connectivity index (χ3n) is 4.33. The minimum Gasteiger partial charge on any atom is -0.371 e. The van der Waals surface area contributed by atoms with Crippen LogP contribution in [0.1, 0.15) is 32.1 Å². The Morgan fingerprint density at radius 3 is 2.60 bits per heavy atom. The zero-order chi connectivity index (χ0) is 14.4. The summed E-state index contributed by atoms with van der Waals surface area (Å²) in [6.07, 6.45) is 2.34. The molecule has 3 nitrogen and oxygen atoms in total. The Balaban J connectivity index is 1.65. The van der Waals surface area contributed by atoms with Crippen molar-refractivity contribution in [2.24, 2.45) is 5.92 Å². The monoisotopic (exact) mass is 294 g/mol. The molecule has 6 heteroatoms. The fourth-order valence-electron chi connectivity index (χ4n) is 3.28. The summed E-state index contributed by atoms with van der Waals surface area (Å²) in [7, 11) is 0. The first-order chi connectivity index (χ1) is 9.54. The Labute approximate surface area is 118 Å². The average Bonchev–Trinajstić information content (AvgIpc) is 2.44. The molecule has 1 saturated heterocycles. The van der Waals surface area contributed by atoms with Crippen LogP contribution in [0.15, 0.2) is 0 Å². The van der Waals surface area contributed by atoms with Gasteiger partial charge in [-0.2, -0.15) is 13.2 Å². The molecule has 20 heavy (non-hydrogen) atoms. The van der Waals surface area contributed by atoms with Crippen molar-refractivity contribution >= 4 is 0 Å². The van der Waals surface area contributed by atoms with E-state index in [0.29, 0.717) is 12.6 Å². The highest BCUT2D eigenvalue weighted by atomic mass is 19.4. The zero-order valence-electron chi connectivity index (χ0n) is 11.9. The van der Waals surface area contributed by atoms with E-state index in [1.807, 2.05) is 0 Å². The van der Waals surface area contributed by atoms with Gasteiger partial charge in [0.2, 0.25) is 0 Å². The fourth-order valence-corrected chi connectivity index (χ4v) is 3.28. The summed E-state index contributed by atoms with van der Waals surface area (Å²) in [6, 6.07) is 0.506. The molecule has 1 atom stereocenters. The van der Waals surface area contributed by atoms with E-state index in [4.69, 9.17) is 4.74 Å². The number of hydrogen-bond acceptors (Lipinski definition) is 3. The van der Waals surface area contributed by atoms with Crippen LogP contribution in [0.4, 0.5) is 13.2 Å². The van der Waals surface area contributed by atoms with E-state index in [2.05, 4.69) is 10.2 Å². The summed E-state index contributed by atoms with van der Waals surface area (Å²) in [5.41, 5.74) is 0. The van der Waals surface area contributed by atoms with Crippen LogP contribution in [-0.4, -0.2) is 56.5 Å². The molecular weight excluding hydrogens is 269 g/mol. The van der Waals surface area contributed by atoms with Gasteiger partial charge < -0.3 is 10.1 Å². The van der Waals surface area contributed by atoms with Gasteiger partial charge in [0.15, 0.2) is 0 Å². The van der Waals surface area contributed by atoms with Gasteiger partial charge in [-0.05, 0) is 18.8 Å². The first kappa shape index (κ1) is 16.0. The van der Waals surface area contributed by atoms with Crippen LogP contribution in [0.25, 0.3) is 0 Å². The summed E-state index contributed by atoms with van der Waals surface area (Å²) < 4.78 is 40.6. The van der Waals surface area contributed by atoms with Crippen molar-refractivity contribution < 1.29 is 17.9 Å². The number of nitrogens with zero attached hydrogens (tertiary/aromatic N) is 1. The van der Waals surface area contributed by atoms with Crippen LogP contribution in [0.3, 0.4) is 0 Å². The Kier molecular flexibility index (Phi) is 6.11. The lowest BCUT2D eigenvalue weighted by Crippen LogP contribution is -2.54. The molecule has 0 radical (unpaired) electrons. The molecule has 2 aliphatic rings. The Morgan fingerprint density at radius 2 is 1.90 bits per heavy atom. The topological polar surface area (TPSA) is 24.5 Å². The lowest BCUT2D eigenvalue weighted by Gasteiger charge is -2.39. The van der Waals surface area contributed by atoms with E-state index in [1.54, 1.807) is 0 Å². The van der Waals surface area contributed by atoms with Crippen molar-refractivity contribution in [1.29, 1.82) is 0 Å². The third kappa shape index (κ3) is 5.58. The molecule has 1 N–H and O–H groups in total. The molecule has 1 saturated carbocycles. The van der Waals surface area contributed by atoms with Crippen LogP contribution in [0.5, 0.6) is 0 Å². The maximum atomic E-state index is 12.0. The standard InChI is InChI=1S/C14H25F3N2O/c15-14(16,17)11-20-9-8-19-7-6-18-13(10-19)12-4-2-1-3-5-12/h12-13,18H,1-11H2. The van der Waals surface area contributed by atoms with Gasteiger partial charge in [-0.15, -0.1) is 0 Å². The fraction of sp³-hybridized carbons (Fsp3) is 1.00. The lowest BCUT2D eigenvalue weighted by molar-refractivity contribution is -0.174. The third-order valence-corrected chi connectivity index (χ3v) is 4.33. The Morgan fingerprint density at radius 1 is 1.15 bits per heavy atom. The smallest absolute Gasteiger partial charge is 0.371 e. The second-order valence-corrected chi connectivity index (χ2v) is 5.93. The van der Waals surface area contributed by atoms with E-state index < -0.39 is 12.8 Å². The largest absolute Gasteiger partial charge is 0.411 e. The van der Waals surface area contributed by atoms with Gasteiger partial charge in [-0.1, -0.05) is 19.3 Å². The molecule has 0 bridgehead atoms. The van der Waals surface area contributed by atoms with Crippen molar-refractivity contribution in [3.8, 4) is 0 Å². The van der Waals surface area contributed by atoms with Gasteiger partial charge in [0.25, 0.3) is 0 Å². The van der Waals surface area contributed by atoms with Crippen LogP contribution in [0.2, 0.25) is 0 Å². The molecule has 0 aromatic carbocycles. The van der Waals surface area contributed by atoms with Crippen molar-refractivity contribution in [2.45, 2.75) is 44.3 Å². The quantitative estimate of drug-likeness (QED) is 0.788. The molecular formula is C14H25F3N2O. The number of rotatable bonds is 5. The minimum atomic E-state index is -4.21. The number of ether oxygens (including phenoxy) is 1. The van der Waals surface area contributed by atoms with Crippen LogP contribution in [0, 0.1) is 5.92 Å². The first-order valence-corrected chi connectivity index (χ1v) is 7.65. The number of nitrogens with one attached hydrogen (secondary N) is 1. The molecule has 0 aromatic heterocycles. The Bertz CT molecular complexity index is 280. The average molecular weight is 294 g/mol. The number of hydrogen-bond donors (Lipinski definition) is 1. The van der Waals surface area contributed by atoms with E-state index >= 15 is 0 Å². The van der Waals surface area contributed by atoms with Crippen molar-refractivity contribution in [3.05, 3.63) is 0 Å². The molecule has 2 rings (SSSR count). The predicted octanol–water partition coefficient (Wildman–Crippen LogP) is 2.42. The first-order valence-electron chi connectivity index (χ1n) is 7.65. The van der Waals surface area contributed by atoms with Crippen molar-refractivity contribution in [3.63, 3.8) is 0 Å². The second kappa shape index (κ2) is 7.61. The maximum Gasteiger partial charge on any atom is 0.411 e. The van der Waals surface area contributed by atoms with Gasteiger partial charge >= 0.3 is 6.18 Å². The molecule has 2 fully saturated rings. The number of alkyl halides is 3. The molecule has 1 heterocycles. The number of piperazine rings is 1. The van der Waals surface area contributed by atoms with Gasteiger partial charge in [0.05, 0.1) is 6.61 Å². The summed E-state index contributed by atoms with van der Waals surface area (Å²) >= 11 is 0. The van der Waals surface area contributed by atoms with E-state index in [1.165, 1.54) is 32.1 Å². The van der Waals surface area contributed by atoms with Gasteiger partial charge in [-0.25, -0.2) is 0 Å². The summed E-state index contributed by atoms with van der Waals surface area (Å²) in [4.78, 5) is 2.23. The van der Waals surface area contributed by atoms with Gasteiger partial charge in [-0.3, -0.25) is 4.90 Å². The van der Waals surface area contributed by atoms with E-state index in [9.17, 15) is 13.2 Å². The number of halogens is 3. The Hall–Kier alpha value is -0.330. The van der Waals surface area contributed by atoms with Crippen molar-refractivity contribution in [1.82, 2.24) is 10.2 Å². The molecule has 0 amide bonds. The van der Waals surface area contributed by atoms with Crippen LogP contribution >= 0.6 is 0 Å². The van der Waals surface area contributed by atoms with E-state index in [0.717, 1.165) is 25.6 Å². The lowest BCUT2D eigenvalue weighted by atomic mass is 9.83. The van der Waals surface area contributed by atoms with Crippen LogP contribution in [-0.2, 0) is 4.74 Å². The summed E-state index contributed by atoms with van der Waals surface area (Å²) in [6.45, 7) is 2.40. The summed E-state index contributed by atoms with van der Waals surface area (Å²) in [5, 5.41) is 3.57. The molecule has 118 valence electrons. The highest BCUT2D eigenvalue weighted by Gasteiger charge is 2.29. The van der Waals surface area contributed by atoms with Crippen LogP contribution < -0.4 is 5.32 Å². The van der Waals surface area contributed by atoms with Crippen molar-refractivity contribution in [2.75, 3.05) is 39.4 Å². The second-order valence-electron chi connectivity index (χ2n) is 5.93. The zero-order valence-corrected chi connectivity index (χ0v) is 11.9. The van der Waals surface area contributed by atoms with Gasteiger partial charge in [0, 0.05) is 32.2 Å². The molecule has 0 aromatic rings. The molecule has 1 aliphatic heterocycles. The molecule has 1 aliphatic carbocycles. The molecule has 0 spiro atoms. The highest BCUT2D eigenvalue weighted by molar-refractivity contribution is 4.85. The van der Waals surface area contributed by atoms with E-state index in [-0.39, 0.29) is 6.61 Å². The maximum absolute atomic E-state index is 12.0.